The van der Waals surface area contributed by atoms with Gasteiger partial charge < -0.3 is 73.6 Å². The molecule has 0 spiro atoms. The van der Waals surface area contributed by atoms with Gasteiger partial charge in [-0.3, -0.25) is 38.7 Å². The third kappa shape index (κ3) is 12.8. The van der Waals surface area contributed by atoms with E-state index in [-0.39, 0.29) is 71.9 Å². The third-order valence-electron chi connectivity index (χ3n) is 10.5. The Morgan fingerprint density at radius 3 is 1.30 bits per heavy atom. The number of amides is 2. The molecule has 66 heavy (non-hydrogen) atoms. The summed E-state index contributed by atoms with van der Waals surface area (Å²) in [6.07, 6.45) is -1.17. The second kappa shape index (κ2) is 21.7. The van der Waals surface area contributed by atoms with Crippen LogP contribution in [-0.4, -0.2) is 140 Å². The number of likely N-dealkylation sites (N-methyl/N-ethyl adjacent to an activating group) is 2. The van der Waals surface area contributed by atoms with Crippen molar-refractivity contribution in [2.75, 3.05) is 82.8 Å². The molecule has 0 saturated heterocycles. The van der Waals surface area contributed by atoms with E-state index in [1.54, 1.807) is 38.4 Å². The van der Waals surface area contributed by atoms with Gasteiger partial charge in [0.1, 0.15) is 23.5 Å². The van der Waals surface area contributed by atoms with Gasteiger partial charge in [-0.2, -0.15) is 9.97 Å². The summed E-state index contributed by atoms with van der Waals surface area (Å²) < 4.78 is 0. The quantitative estimate of drug-likeness (QED) is 0.0597. The zero-order valence-corrected chi connectivity index (χ0v) is 35.6. The number of carboxylic acids is 4. The predicted molar refractivity (Wildman–Crippen MR) is 241 cm³/mol. The van der Waals surface area contributed by atoms with Gasteiger partial charge in [-0.15, -0.1) is 0 Å². The maximum atomic E-state index is 12.3. The fourth-order valence-electron chi connectivity index (χ4n) is 6.84. The first-order valence-corrected chi connectivity index (χ1v) is 20.2. The number of rotatable bonds is 18. The summed E-state index contributed by atoms with van der Waals surface area (Å²) >= 11 is 0. The molecule has 2 aromatic heterocycles. The number of fused-ring (bicyclic) bond motifs is 2. The van der Waals surface area contributed by atoms with Crippen molar-refractivity contribution in [1.29, 1.82) is 0 Å². The highest BCUT2D eigenvalue weighted by atomic mass is 16.4. The average molecular weight is 919 g/mol. The summed E-state index contributed by atoms with van der Waals surface area (Å²) in [4.78, 5) is 110. The van der Waals surface area contributed by atoms with E-state index in [2.05, 4.69) is 51.8 Å². The number of anilines is 8. The van der Waals surface area contributed by atoms with E-state index >= 15 is 0 Å². The van der Waals surface area contributed by atoms with Crippen LogP contribution in [0.2, 0.25) is 0 Å². The van der Waals surface area contributed by atoms with Crippen LogP contribution in [0.5, 0.6) is 0 Å². The Kier molecular flexibility index (Phi) is 15.9. The van der Waals surface area contributed by atoms with Crippen molar-refractivity contribution in [3.63, 3.8) is 0 Å². The largest absolute Gasteiger partial charge is 0.481 e. The van der Waals surface area contributed by atoms with Crippen LogP contribution < -0.4 is 64.3 Å². The van der Waals surface area contributed by atoms with E-state index in [0.717, 1.165) is 11.4 Å². The van der Waals surface area contributed by atoms with Crippen LogP contribution in [0.15, 0.2) is 58.1 Å². The summed E-state index contributed by atoms with van der Waals surface area (Å²) in [5.41, 5.74) is 13.2. The minimum Gasteiger partial charge on any atom is -0.481 e. The molecular weight excluding hydrogens is 869 g/mol. The molecule has 2 aliphatic heterocycles. The summed E-state index contributed by atoms with van der Waals surface area (Å²) in [6, 6.07) is 10.1. The molecule has 6 rings (SSSR count). The van der Waals surface area contributed by atoms with E-state index in [1.807, 2.05) is 9.80 Å². The number of carboxylic acid groups (broad SMARTS) is 4. The van der Waals surface area contributed by atoms with Crippen LogP contribution >= 0.6 is 0 Å². The number of nitrogens with one attached hydrogen (secondary N) is 8. The number of benzene rings is 2. The van der Waals surface area contributed by atoms with Crippen molar-refractivity contribution in [3.05, 3.63) is 80.4 Å². The van der Waals surface area contributed by atoms with E-state index in [9.17, 15) is 48.6 Å². The average Bonchev–Trinajstić information content (AvgIpc) is 3.25. The minimum absolute atomic E-state index is 0.0388. The topological polar surface area (TPSA) is 406 Å². The highest BCUT2D eigenvalue weighted by Crippen LogP contribution is 2.26. The molecule has 0 aliphatic carbocycles. The molecule has 2 aromatic carbocycles. The number of nitrogens with two attached hydrogens (primary N) is 2. The lowest BCUT2D eigenvalue weighted by atomic mass is 10.1. The van der Waals surface area contributed by atoms with E-state index in [1.165, 1.54) is 24.3 Å². The van der Waals surface area contributed by atoms with Gasteiger partial charge in [0.15, 0.2) is 11.6 Å². The second-order valence-electron chi connectivity index (χ2n) is 15.1. The van der Waals surface area contributed by atoms with Crippen LogP contribution in [0.4, 0.5) is 46.3 Å². The summed E-state index contributed by atoms with van der Waals surface area (Å²) in [7, 11) is 3.57. The first-order chi connectivity index (χ1) is 31.3. The number of carbonyl (C=O) groups is 6. The molecule has 0 saturated carbocycles. The molecule has 4 heterocycles. The Bertz CT molecular complexity index is 2380. The van der Waals surface area contributed by atoms with Crippen LogP contribution in [-0.2, 0) is 19.2 Å². The molecule has 26 heteroatoms. The first-order valence-electron chi connectivity index (χ1n) is 20.2. The summed E-state index contributed by atoms with van der Waals surface area (Å²) in [5, 5.41) is 53.1. The van der Waals surface area contributed by atoms with E-state index < -0.39 is 47.8 Å². The smallest absolute Gasteiger partial charge is 0.326 e. The fraction of sp³-hybridized carbons (Fsp3) is 0.350. The molecule has 2 aliphatic rings. The number of aliphatic carboxylic acids is 4. The van der Waals surface area contributed by atoms with Crippen LogP contribution in [0.25, 0.3) is 0 Å². The molecule has 0 radical (unpaired) electrons. The number of hydrogen-bond donors (Lipinski definition) is 14. The van der Waals surface area contributed by atoms with E-state index in [4.69, 9.17) is 21.7 Å². The first kappa shape index (κ1) is 48.5. The molecule has 0 bridgehead atoms. The van der Waals surface area contributed by atoms with Crippen molar-refractivity contribution < 1.29 is 49.2 Å². The molecule has 26 nitrogen and oxygen atoms in total. The lowest BCUT2D eigenvalue weighted by Crippen LogP contribution is -2.48. The molecule has 4 aromatic rings. The third-order valence-corrected chi connectivity index (χ3v) is 10.5. The minimum atomic E-state index is -1.30. The maximum Gasteiger partial charge on any atom is 0.326 e. The Morgan fingerprint density at radius 2 is 0.985 bits per heavy atom. The van der Waals surface area contributed by atoms with Crippen molar-refractivity contribution in [2.45, 2.75) is 49.9 Å². The molecule has 16 N–H and O–H groups in total. The molecular formula is C40H50N14O12. The van der Waals surface area contributed by atoms with Gasteiger partial charge in [-0.05, 0) is 61.4 Å². The van der Waals surface area contributed by atoms with Gasteiger partial charge in [-0.25, -0.2) is 9.59 Å². The Labute approximate surface area is 374 Å². The fourth-order valence-corrected chi connectivity index (χ4v) is 6.84. The molecule has 4 atom stereocenters. The van der Waals surface area contributed by atoms with E-state index in [0.29, 0.717) is 49.2 Å². The van der Waals surface area contributed by atoms with Gasteiger partial charge >= 0.3 is 23.9 Å². The zero-order chi connectivity index (χ0) is 48.2. The maximum absolute atomic E-state index is 12.3. The van der Waals surface area contributed by atoms with Crippen molar-refractivity contribution in [1.82, 2.24) is 30.6 Å². The standard InChI is InChI=1S/2C20H25N7O6/c2*1-27-12(9-23-16-15(27)18(31)26-20(21)25-16)8-22-11-4-2-10(3-5-11)17(30)24-13(19(32)33)6-7-14(28)29/h2*2-5,12-13,22H,6-9H2,1H3,(H,24,30)(H,28,29)(H,32,33)(H4,21,23,25,26,31)/t12?,13-;12-,13-/m00/s1. The van der Waals surface area contributed by atoms with Crippen LogP contribution in [0, 0.1) is 0 Å². The number of hydrogen-bond acceptors (Lipinski definition) is 18. The molecule has 0 fully saturated rings. The lowest BCUT2D eigenvalue weighted by Gasteiger charge is -2.35. The Morgan fingerprint density at radius 1 is 0.636 bits per heavy atom. The number of nitrogens with zero attached hydrogens (tertiary/aromatic N) is 4. The predicted octanol–water partition coefficient (Wildman–Crippen LogP) is -0.515. The van der Waals surface area contributed by atoms with Gasteiger partial charge in [-0.1, -0.05) is 0 Å². The molecule has 1 unspecified atom stereocenters. The monoisotopic (exact) mass is 918 g/mol. The zero-order valence-electron chi connectivity index (χ0n) is 35.6. The lowest BCUT2D eigenvalue weighted by molar-refractivity contribution is -0.142. The Balaban J connectivity index is 0.000000247. The van der Waals surface area contributed by atoms with Crippen molar-refractivity contribution >= 4 is 82.0 Å². The highest BCUT2D eigenvalue weighted by Gasteiger charge is 2.29. The van der Waals surface area contributed by atoms with Crippen LogP contribution in [0.1, 0.15) is 46.4 Å². The van der Waals surface area contributed by atoms with Crippen LogP contribution in [0.3, 0.4) is 0 Å². The Hall–Kier alpha value is -8.58. The van der Waals surface area contributed by atoms with Gasteiger partial charge in [0.05, 0.1) is 12.1 Å². The van der Waals surface area contributed by atoms with Gasteiger partial charge in [0.2, 0.25) is 11.9 Å². The highest BCUT2D eigenvalue weighted by molar-refractivity contribution is 5.97. The van der Waals surface area contributed by atoms with Crippen molar-refractivity contribution in [3.8, 4) is 0 Å². The number of nitrogen functional groups attached to an aromatic ring is 2. The molecule has 2 amide bonds. The summed E-state index contributed by atoms with van der Waals surface area (Å²) in [5.74, 6) is -5.18. The van der Waals surface area contributed by atoms with Gasteiger partial charge in [0.25, 0.3) is 22.9 Å². The number of carbonyl (C=O) groups excluding carboxylic acids is 2. The van der Waals surface area contributed by atoms with Crippen molar-refractivity contribution in [2.24, 2.45) is 0 Å². The molecule has 352 valence electrons. The SMILES string of the molecule is CN1c2c(nc(N)[nH]c2=O)NCC1CNc1ccc(C(=O)N[C@@H](CCC(=O)O)C(=O)O)cc1.CN1c2c(nc(N)[nH]c2=O)NC[C@@H]1CNc1ccc(C(=O)N[C@@H](CCC(=O)O)C(=O)O)cc1. The number of H-pyrrole nitrogens is 2. The summed E-state index contributed by atoms with van der Waals surface area (Å²) in [6.45, 7) is 2.02. The number of aromatic amines is 2. The normalized spacial score (nSPS) is 15.7. The number of aromatic nitrogens is 4. The second-order valence-corrected chi connectivity index (χ2v) is 15.1. The van der Waals surface area contributed by atoms with Gasteiger partial charge in [0, 0.05) is 75.6 Å².